The van der Waals surface area contributed by atoms with Gasteiger partial charge in [-0.15, -0.1) is 0 Å². The van der Waals surface area contributed by atoms with Gasteiger partial charge in [0.15, 0.2) is 0 Å². The molecule has 2 heteroatoms. The van der Waals surface area contributed by atoms with Gasteiger partial charge in [0.25, 0.3) is 0 Å². The van der Waals surface area contributed by atoms with Crippen LogP contribution in [-0.4, -0.2) is 0 Å². The van der Waals surface area contributed by atoms with Crippen molar-refractivity contribution in [3.8, 4) is 28.3 Å². The van der Waals surface area contributed by atoms with Crippen molar-refractivity contribution in [2.45, 2.75) is 0 Å². The van der Waals surface area contributed by atoms with E-state index in [4.69, 9.17) is 0 Å². The first-order valence-electron chi connectivity index (χ1n) is 15.7. The molecule has 0 fully saturated rings. The third-order valence-electron chi connectivity index (χ3n) is 8.35. The van der Waals surface area contributed by atoms with Crippen LogP contribution in [0.2, 0.25) is 0 Å². The second kappa shape index (κ2) is 13.7. The number of hydrogen-bond acceptors (Lipinski definition) is 2. The van der Waals surface area contributed by atoms with E-state index >= 15 is 0 Å². The molecule has 0 aromatic heterocycles. The molecule has 0 bridgehead atoms. The second-order valence-corrected chi connectivity index (χ2v) is 11.3. The molecule has 0 amide bonds. The zero-order chi connectivity index (χ0) is 31.8. The van der Waals surface area contributed by atoms with E-state index in [-0.39, 0.29) is 0 Å². The molecule has 0 aliphatic heterocycles. The van der Waals surface area contributed by atoms with Gasteiger partial charge in [0, 0.05) is 17.1 Å². The number of hydrogen-bond donors (Lipinski definition) is 0. The van der Waals surface area contributed by atoms with Crippen LogP contribution in [0, 0.1) is 11.3 Å². The van der Waals surface area contributed by atoms with Crippen molar-refractivity contribution in [1.29, 1.82) is 5.26 Å². The Morgan fingerprint density at radius 3 is 1.45 bits per heavy atom. The van der Waals surface area contributed by atoms with Crippen LogP contribution < -0.4 is 4.90 Å². The summed E-state index contributed by atoms with van der Waals surface area (Å²) in [7, 11) is 0. The molecule has 0 radical (unpaired) electrons. The van der Waals surface area contributed by atoms with E-state index in [0.29, 0.717) is 5.56 Å². The number of nitriles is 1. The highest BCUT2D eigenvalue weighted by molar-refractivity contribution is 5.94. The zero-order valence-electron chi connectivity index (χ0n) is 25.9. The van der Waals surface area contributed by atoms with Crippen molar-refractivity contribution in [3.63, 3.8) is 0 Å². The summed E-state index contributed by atoms with van der Waals surface area (Å²) in [6, 6.07) is 67.6. The Balaban J connectivity index is 1.22. The molecule has 0 saturated heterocycles. The molecule has 0 aliphatic rings. The van der Waals surface area contributed by atoms with Crippen LogP contribution in [-0.2, 0) is 0 Å². The van der Waals surface area contributed by atoms with Crippen LogP contribution in [0.3, 0.4) is 0 Å². The topological polar surface area (TPSA) is 27.0 Å². The second-order valence-electron chi connectivity index (χ2n) is 11.3. The third-order valence-corrected chi connectivity index (χ3v) is 8.35. The Morgan fingerprint density at radius 1 is 0.426 bits per heavy atom. The normalized spacial score (nSPS) is 11.1. The monoisotopic (exact) mass is 600 g/mol. The summed E-state index contributed by atoms with van der Waals surface area (Å²) < 4.78 is 0. The Bertz CT molecular complexity index is 2100. The molecule has 0 unspecified atom stereocenters. The Morgan fingerprint density at radius 2 is 0.872 bits per heavy atom. The lowest BCUT2D eigenvalue weighted by molar-refractivity contribution is 1.28. The van der Waals surface area contributed by atoms with Crippen LogP contribution in [0.25, 0.3) is 33.9 Å². The molecular formula is C45H32N2. The van der Waals surface area contributed by atoms with E-state index in [1.807, 2.05) is 36.4 Å². The molecule has 0 atom stereocenters. The van der Waals surface area contributed by atoms with E-state index in [2.05, 4.69) is 169 Å². The lowest BCUT2D eigenvalue weighted by Gasteiger charge is -2.25. The average molecular weight is 601 g/mol. The van der Waals surface area contributed by atoms with Crippen molar-refractivity contribution in [3.05, 3.63) is 210 Å². The highest BCUT2D eigenvalue weighted by Crippen LogP contribution is 2.36. The lowest BCUT2D eigenvalue weighted by atomic mass is 9.91. The summed E-state index contributed by atoms with van der Waals surface area (Å²) in [4.78, 5) is 2.28. The Labute approximate surface area is 276 Å². The predicted octanol–water partition coefficient (Wildman–Crippen LogP) is 12.0. The number of para-hydroxylation sites is 2. The van der Waals surface area contributed by atoms with Crippen molar-refractivity contribution < 1.29 is 0 Å². The first-order valence-corrected chi connectivity index (χ1v) is 15.7. The molecule has 7 aromatic rings. The van der Waals surface area contributed by atoms with Crippen molar-refractivity contribution >= 4 is 28.7 Å². The van der Waals surface area contributed by atoms with Gasteiger partial charge in [-0.2, -0.15) is 5.26 Å². The molecular weight excluding hydrogens is 569 g/mol. The Kier molecular flexibility index (Phi) is 8.53. The van der Waals surface area contributed by atoms with Crippen LogP contribution in [0.4, 0.5) is 17.1 Å². The van der Waals surface area contributed by atoms with Crippen LogP contribution >= 0.6 is 0 Å². The van der Waals surface area contributed by atoms with E-state index in [1.165, 1.54) is 0 Å². The van der Waals surface area contributed by atoms with Crippen LogP contribution in [0.5, 0.6) is 0 Å². The van der Waals surface area contributed by atoms with E-state index < -0.39 is 0 Å². The maximum Gasteiger partial charge on any atom is 0.0991 e. The van der Waals surface area contributed by atoms with Gasteiger partial charge in [0.1, 0.15) is 0 Å². The fourth-order valence-corrected chi connectivity index (χ4v) is 5.96. The predicted molar refractivity (Wildman–Crippen MR) is 197 cm³/mol. The fourth-order valence-electron chi connectivity index (χ4n) is 5.96. The first-order chi connectivity index (χ1) is 23.3. The Hall–Kier alpha value is -6.43. The standard InChI is InChI=1S/C45H32N2/c46-33-34-20-22-38(23-21-34)44-19-11-10-14-40(44)32-45(37-12-4-1-5-13-37)39-26-24-35(25-27-39)36-28-30-43(31-29-36)47(41-15-6-2-7-16-41)42-17-8-3-9-18-42/h1-32H/b45-32+. The first kappa shape index (κ1) is 29.3. The fraction of sp³-hybridized carbons (Fsp3) is 0. The molecule has 7 rings (SSSR count). The van der Waals surface area contributed by atoms with Crippen LogP contribution in [0.1, 0.15) is 22.3 Å². The zero-order valence-corrected chi connectivity index (χ0v) is 25.9. The number of benzene rings is 7. The molecule has 0 N–H and O–H groups in total. The van der Waals surface area contributed by atoms with Crippen molar-refractivity contribution in [1.82, 2.24) is 0 Å². The minimum Gasteiger partial charge on any atom is -0.311 e. The van der Waals surface area contributed by atoms with Gasteiger partial charge in [0.2, 0.25) is 0 Å². The largest absolute Gasteiger partial charge is 0.311 e. The lowest BCUT2D eigenvalue weighted by Crippen LogP contribution is -2.09. The molecule has 0 aliphatic carbocycles. The summed E-state index contributed by atoms with van der Waals surface area (Å²) in [6.45, 7) is 0. The molecule has 0 spiro atoms. The van der Waals surface area contributed by atoms with Gasteiger partial charge >= 0.3 is 0 Å². The molecule has 2 nitrogen and oxygen atoms in total. The average Bonchev–Trinajstić information content (AvgIpc) is 3.16. The molecule has 7 aromatic carbocycles. The van der Waals surface area contributed by atoms with Crippen molar-refractivity contribution in [2.24, 2.45) is 0 Å². The van der Waals surface area contributed by atoms with E-state index in [1.54, 1.807) is 0 Å². The molecule has 0 saturated carbocycles. The van der Waals surface area contributed by atoms with E-state index in [9.17, 15) is 5.26 Å². The van der Waals surface area contributed by atoms with Gasteiger partial charge in [0.05, 0.1) is 11.6 Å². The molecule has 47 heavy (non-hydrogen) atoms. The summed E-state index contributed by atoms with van der Waals surface area (Å²) in [5, 5.41) is 9.28. The summed E-state index contributed by atoms with van der Waals surface area (Å²) in [6.07, 6.45) is 2.27. The molecule has 222 valence electrons. The highest BCUT2D eigenvalue weighted by Gasteiger charge is 2.13. The van der Waals surface area contributed by atoms with Gasteiger partial charge in [-0.3, -0.25) is 0 Å². The minimum absolute atomic E-state index is 0.659. The van der Waals surface area contributed by atoms with Crippen molar-refractivity contribution in [2.75, 3.05) is 4.90 Å². The molecule has 0 heterocycles. The number of rotatable bonds is 8. The van der Waals surface area contributed by atoms with Gasteiger partial charge in [-0.1, -0.05) is 140 Å². The minimum atomic E-state index is 0.659. The quantitative estimate of drug-likeness (QED) is 0.162. The summed E-state index contributed by atoms with van der Waals surface area (Å²) in [5.41, 5.74) is 13.1. The summed E-state index contributed by atoms with van der Waals surface area (Å²) in [5.74, 6) is 0. The number of nitrogens with zero attached hydrogens (tertiary/aromatic N) is 2. The van der Waals surface area contributed by atoms with Gasteiger partial charge in [-0.05, 0) is 99.1 Å². The highest BCUT2D eigenvalue weighted by atomic mass is 15.1. The van der Waals surface area contributed by atoms with Gasteiger partial charge in [-0.25, -0.2) is 0 Å². The number of anilines is 3. The smallest absolute Gasteiger partial charge is 0.0991 e. The third kappa shape index (κ3) is 6.52. The summed E-state index contributed by atoms with van der Waals surface area (Å²) >= 11 is 0. The SMILES string of the molecule is N#Cc1ccc(-c2ccccc2/C=C(\c2ccccc2)c2ccc(-c3ccc(N(c4ccccc4)c4ccccc4)cc3)cc2)cc1. The van der Waals surface area contributed by atoms with E-state index in [0.717, 1.165) is 61.6 Å². The van der Waals surface area contributed by atoms with Crippen LogP contribution in [0.15, 0.2) is 188 Å². The van der Waals surface area contributed by atoms with Gasteiger partial charge < -0.3 is 4.90 Å². The maximum absolute atomic E-state index is 9.28. The maximum atomic E-state index is 9.28.